The van der Waals surface area contributed by atoms with E-state index in [2.05, 4.69) is 5.32 Å². The van der Waals surface area contributed by atoms with E-state index in [0.717, 1.165) is 5.69 Å². The molecule has 1 amide bonds. The molecule has 0 bridgehead atoms. The minimum absolute atomic E-state index is 0.466. The number of fused-ring (bicyclic) bond motifs is 1. The van der Waals surface area contributed by atoms with Crippen molar-refractivity contribution in [3.05, 3.63) is 64.7 Å². The smallest absolute Gasteiger partial charge is 0.278 e. The summed E-state index contributed by atoms with van der Waals surface area (Å²) in [5.41, 5.74) is -1.20. The van der Waals surface area contributed by atoms with Gasteiger partial charge in [-0.15, -0.1) is 0 Å². The van der Waals surface area contributed by atoms with Crippen molar-refractivity contribution in [2.75, 3.05) is 0 Å². The van der Waals surface area contributed by atoms with E-state index in [1.54, 1.807) is 23.1 Å². The highest BCUT2D eigenvalue weighted by Gasteiger charge is 2.57. The van der Waals surface area contributed by atoms with Gasteiger partial charge in [0.25, 0.3) is 5.91 Å². The predicted octanol–water partition coefficient (Wildman–Crippen LogP) is 4.59. The first kappa shape index (κ1) is 21.3. The molecule has 3 rings (SSSR count). The van der Waals surface area contributed by atoms with E-state index >= 15 is 0 Å². The molecule has 0 aliphatic carbocycles. The topological polar surface area (TPSA) is 64.9 Å². The molecular weight excluding hydrogens is 386 g/mol. The van der Waals surface area contributed by atoms with Crippen LogP contribution in [0, 0.1) is 0 Å². The van der Waals surface area contributed by atoms with Crippen LogP contribution >= 0.6 is 11.6 Å². The summed E-state index contributed by atoms with van der Waals surface area (Å²) in [6, 6.07) is 14.6. The lowest BCUT2D eigenvalue weighted by Gasteiger charge is -2.44. The monoisotopic (exact) mass is 413 g/mol. The molecule has 6 heteroatoms. The highest BCUT2D eigenvalue weighted by Crippen LogP contribution is 2.44. The van der Waals surface area contributed by atoms with Crippen LogP contribution in [-0.4, -0.2) is 32.8 Å². The highest BCUT2D eigenvalue weighted by atomic mass is 35.5. The molecule has 2 N–H and O–H groups in total. The maximum atomic E-state index is 13.4. The third-order valence-corrected chi connectivity index (χ3v) is 4.84. The summed E-state index contributed by atoms with van der Waals surface area (Å²) in [6.07, 6.45) is 0. The molecule has 29 heavy (non-hydrogen) atoms. The van der Waals surface area contributed by atoms with Gasteiger partial charge in [0.1, 0.15) is 5.84 Å². The number of amides is 1. The summed E-state index contributed by atoms with van der Waals surface area (Å²) < 4.78 is 0. The molecule has 0 fully saturated rings. The summed E-state index contributed by atoms with van der Waals surface area (Å²) in [5.74, 6) is 0.00881. The van der Waals surface area contributed by atoms with Crippen molar-refractivity contribution in [3.63, 3.8) is 0 Å². The molecule has 1 aliphatic heterocycles. The van der Waals surface area contributed by atoms with E-state index in [-0.39, 0.29) is 0 Å². The maximum Gasteiger partial charge on any atom is 0.278 e. The molecule has 1 aliphatic rings. The second-order valence-electron chi connectivity index (χ2n) is 9.34. The predicted molar refractivity (Wildman–Crippen MR) is 117 cm³/mol. The van der Waals surface area contributed by atoms with Crippen molar-refractivity contribution in [1.82, 2.24) is 10.2 Å². The Morgan fingerprint density at radius 1 is 1.07 bits per heavy atom. The molecule has 2 aromatic rings. The van der Waals surface area contributed by atoms with Gasteiger partial charge in [-0.1, -0.05) is 35.9 Å². The number of rotatable bonds is 2. The minimum Gasteiger partial charge on any atom is -0.359 e. The molecule has 154 valence electrons. The second kappa shape index (κ2) is 7.15. The quantitative estimate of drug-likeness (QED) is 0.756. The Hall–Kier alpha value is -2.37. The van der Waals surface area contributed by atoms with Gasteiger partial charge in [-0.25, -0.2) is 4.99 Å². The number of aliphatic imine (C=N–C) groups is 1. The van der Waals surface area contributed by atoms with Crippen LogP contribution in [0.25, 0.3) is 0 Å². The molecule has 0 unspecified atom stereocenters. The van der Waals surface area contributed by atoms with Gasteiger partial charge >= 0.3 is 0 Å². The zero-order valence-corrected chi connectivity index (χ0v) is 18.5. The van der Waals surface area contributed by atoms with Crippen LogP contribution < -0.4 is 5.32 Å². The zero-order chi connectivity index (χ0) is 21.6. The van der Waals surface area contributed by atoms with Gasteiger partial charge in [0.15, 0.2) is 0 Å². The highest BCUT2D eigenvalue weighted by molar-refractivity contribution is 6.31. The molecule has 0 saturated heterocycles. The summed E-state index contributed by atoms with van der Waals surface area (Å²) >= 11 is 6.28. The number of nitrogens with one attached hydrogen (secondary N) is 1. The molecule has 0 aromatic heterocycles. The van der Waals surface area contributed by atoms with Crippen LogP contribution in [0.1, 0.15) is 52.7 Å². The third-order valence-electron chi connectivity index (χ3n) is 4.60. The van der Waals surface area contributed by atoms with Crippen molar-refractivity contribution >= 4 is 29.0 Å². The first-order valence-corrected chi connectivity index (χ1v) is 10.0. The summed E-state index contributed by atoms with van der Waals surface area (Å²) in [7, 11) is 0. The molecule has 1 atom stereocenters. The molecule has 0 radical (unpaired) electrons. The Morgan fingerprint density at radius 3 is 2.24 bits per heavy atom. The Kier molecular flexibility index (Phi) is 5.26. The van der Waals surface area contributed by atoms with Crippen molar-refractivity contribution in [3.8, 4) is 0 Å². The zero-order valence-electron chi connectivity index (χ0n) is 17.7. The Bertz CT molecular complexity index is 958. The van der Waals surface area contributed by atoms with E-state index < -0.39 is 22.7 Å². The van der Waals surface area contributed by atoms with Gasteiger partial charge in [0, 0.05) is 27.2 Å². The van der Waals surface area contributed by atoms with Crippen molar-refractivity contribution < 1.29 is 9.90 Å². The van der Waals surface area contributed by atoms with Gasteiger partial charge in [0.2, 0.25) is 5.72 Å². The SMILES string of the molecule is CC(C)(C)NC(=O)[C@@]1(O)c2ccc(Cl)cc2C(=Nc2ccccc2)N1C(C)(C)C. The molecule has 2 aromatic carbocycles. The Balaban J connectivity index is 2.29. The van der Waals surface area contributed by atoms with Crippen LogP contribution in [0.2, 0.25) is 5.02 Å². The maximum absolute atomic E-state index is 13.4. The lowest BCUT2D eigenvalue weighted by atomic mass is 9.96. The van der Waals surface area contributed by atoms with Crippen LogP contribution in [0.15, 0.2) is 53.5 Å². The molecular formula is C23H28ClN3O2. The largest absolute Gasteiger partial charge is 0.359 e. The van der Waals surface area contributed by atoms with Crippen LogP contribution in [-0.2, 0) is 10.5 Å². The second-order valence-corrected chi connectivity index (χ2v) is 9.78. The number of aliphatic hydroxyl groups is 1. The van der Waals surface area contributed by atoms with Crippen molar-refractivity contribution in [1.29, 1.82) is 0 Å². The Morgan fingerprint density at radius 2 is 1.69 bits per heavy atom. The standard InChI is InChI=1S/C23H28ClN3O2/c1-21(2,3)26-20(28)23(29)18-13-12-15(24)14-17(18)19(27(23)22(4,5)6)25-16-10-8-7-9-11-16/h7-14,29H,1-6H3,(H,26,28)/t23-/m0/s1. The van der Waals surface area contributed by atoms with E-state index in [1.807, 2.05) is 71.9 Å². The average Bonchev–Trinajstić information content (AvgIpc) is 2.83. The van der Waals surface area contributed by atoms with Gasteiger partial charge in [-0.2, -0.15) is 0 Å². The number of halogens is 1. The number of carbonyl (C=O) groups excluding carboxylic acids is 1. The summed E-state index contributed by atoms with van der Waals surface area (Å²) in [5, 5.41) is 15.3. The van der Waals surface area contributed by atoms with Crippen LogP contribution in [0.3, 0.4) is 0 Å². The van der Waals surface area contributed by atoms with Gasteiger partial charge in [0.05, 0.1) is 5.69 Å². The van der Waals surface area contributed by atoms with E-state index in [4.69, 9.17) is 16.6 Å². The molecule has 5 nitrogen and oxygen atoms in total. The fraction of sp³-hybridized carbons (Fsp3) is 0.391. The number of amidine groups is 1. The fourth-order valence-corrected chi connectivity index (χ4v) is 3.76. The van der Waals surface area contributed by atoms with Crippen molar-refractivity contribution in [2.45, 2.75) is 58.3 Å². The molecule has 0 spiro atoms. The van der Waals surface area contributed by atoms with Gasteiger partial charge in [-0.05, 0) is 65.8 Å². The average molecular weight is 414 g/mol. The van der Waals surface area contributed by atoms with Gasteiger partial charge in [-0.3, -0.25) is 4.79 Å². The number of carbonyl (C=O) groups is 1. The van der Waals surface area contributed by atoms with Crippen LogP contribution in [0.4, 0.5) is 5.69 Å². The van der Waals surface area contributed by atoms with Gasteiger partial charge < -0.3 is 15.3 Å². The minimum atomic E-state index is -1.92. The van der Waals surface area contributed by atoms with Crippen LogP contribution in [0.5, 0.6) is 0 Å². The number of para-hydroxylation sites is 1. The van der Waals surface area contributed by atoms with E-state index in [1.165, 1.54) is 0 Å². The molecule has 1 heterocycles. The first-order chi connectivity index (χ1) is 13.3. The first-order valence-electron chi connectivity index (χ1n) is 9.63. The number of hydrogen-bond donors (Lipinski definition) is 2. The third kappa shape index (κ3) is 4.02. The van der Waals surface area contributed by atoms with E-state index in [9.17, 15) is 9.90 Å². The number of benzene rings is 2. The molecule has 0 saturated carbocycles. The normalized spacial score (nSPS) is 20.7. The summed E-state index contributed by atoms with van der Waals surface area (Å²) in [6.45, 7) is 11.5. The van der Waals surface area contributed by atoms with E-state index in [0.29, 0.717) is 22.0 Å². The number of nitrogens with zero attached hydrogens (tertiary/aromatic N) is 2. The summed E-state index contributed by atoms with van der Waals surface area (Å²) in [4.78, 5) is 19.9. The lowest BCUT2D eigenvalue weighted by Crippen LogP contribution is -2.62. The number of hydrogen-bond acceptors (Lipinski definition) is 3. The van der Waals surface area contributed by atoms with Crippen molar-refractivity contribution in [2.24, 2.45) is 4.99 Å². The lowest BCUT2D eigenvalue weighted by molar-refractivity contribution is -0.165. The fourth-order valence-electron chi connectivity index (χ4n) is 3.59. The Labute approximate surface area is 177 Å².